The van der Waals surface area contributed by atoms with E-state index in [4.69, 9.17) is 4.42 Å². The molecule has 0 spiro atoms. The molecule has 0 aliphatic heterocycles. The van der Waals surface area contributed by atoms with Gasteiger partial charge < -0.3 is 4.42 Å². The van der Waals surface area contributed by atoms with Crippen molar-refractivity contribution in [1.82, 2.24) is 9.97 Å². The fraction of sp³-hybridized carbons (Fsp3) is 0. The van der Waals surface area contributed by atoms with Gasteiger partial charge in [-0.05, 0) is 12.1 Å². The lowest BCUT2D eigenvalue weighted by atomic mass is 10.3. The van der Waals surface area contributed by atoms with Gasteiger partial charge >= 0.3 is 0 Å². The van der Waals surface area contributed by atoms with Gasteiger partial charge in [0.1, 0.15) is 6.26 Å². The summed E-state index contributed by atoms with van der Waals surface area (Å²) in [7, 11) is 0. The first-order valence-electron chi connectivity index (χ1n) is 3.26. The summed E-state index contributed by atoms with van der Waals surface area (Å²) in [6, 6.07) is 3.61. The van der Waals surface area contributed by atoms with E-state index < -0.39 is 0 Å². The van der Waals surface area contributed by atoms with Crippen molar-refractivity contribution >= 4 is 0 Å². The Morgan fingerprint density at radius 3 is 2.64 bits per heavy atom. The molecule has 0 atom stereocenters. The van der Waals surface area contributed by atoms with Gasteiger partial charge in [0.25, 0.3) is 0 Å². The van der Waals surface area contributed by atoms with Crippen molar-refractivity contribution in [2.75, 3.05) is 0 Å². The van der Waals surface area contributed by atoms with Crippen molar-refractivity contribution in [1.29, 1.82) is 0 Å². The molecule has 54 valence electrons. The van der Waals surface area contributed by atoms with Gasteiger partial charge in [-0.25, -0.2) is 9.97 Å². The van der Waals surface area contributed by atoms with Gasteiger partial charge in [0, 0.05) is 12.4 Å². The minimum atomic E-state index is 0.696. The molecule has 3 heteroatoms. The SMILES string of the molecule is c1cnc(-c2ccoc2)nc1. The molecule has 0 fully saturated rings. The molecule has 3 nitrogen and oxygen atoms in total. The Bertz CT molecular complexity index is 315. The molecule has 0 unspecified atom stereocenters. The predicted octanol–water partition coefficient (Wildman–Crippen LogP) is 1.74. The molecule has 0 amide bonds. The van der Waals surface area contributed by atoms with E-state index in [2.05, 4.69) is 9.97 Å². The maximum Gasteiger partial charge on any atom is 0.162 e. The number of hydrogen-bond donors (Lipinski definition) is 0. The van der Waals surface area contributed by atoms with E-state index in [1.807, 2.05) is 6.07 Å². The molecule has 11 heavy (non-hydrogen) atoms. The van der Waals surface area contributed by atoms with Crippen LogP contribution in [0.5, 0.6) is 0 Å². The fourth-order valence-electron chi connectivity index (χ4n) is 0.840. The van der Waals surface area contributed by atoms with Crippen molar-refractivity contribution in [3.63, 3.8) is 0 Å². The number of aromatic nitrogens is 2. The molecule has 2 heterocycles. The second-order valence-corrected chi connectivity index (χ2v) is 2.08. The van der Waals surface area contributed by atoms with Gasteiger partial charge in [0.05, 0.1) is 11.8 Å². The van der Waals surface area contributed by atoms with Gasteiger partial charge in [-0.1, -0.05) is 0 Å². The van der Waals surface area contributed by atoms with Crippen molar-refractivity contribution in [2.24, 2.45) is 0 Å². The molecule has 0 saturated carbocycles. The first-order chi connectivity index (χ1) is 5.47. The molecule has 0 radical (unpaired) electrons. The minimum absolute atomic E-state index is 0.696. The van der Waals surface area contributed by atoms with Crippen LogP contribution in [-0.4, -0.2) is 9.97 Å². The summed E-state index contributed by atoms with van der Waals surface area (Å²) in [5.41, 5.74) is 0.908. The van der Waals surface area contributed by atoms with E-state index in [0.717, 1.165) is 5.56 Å². The van der Waals surface area contributed by atoms with Crippen molar-refractivity contribution in [3.8, 4) is 11.4 Å². The smallest absolute Gasteiger partial charge is 0.162 e. The summed E-state index contributed by atoms with van der Waals surface area (Å²) < 4.78 is 4.89. The summed E-state index contributed by atoms with van der Waals surface area (Å²) >= 11 is 0. The third kappa shape index (κ3) is 1.12. The standard InChI is InChI=1S/C8H6N2O/c1-3-9-8(10-4-1)7-2-5-11-6-7/h1-6H. The Morgan fingerprint density at radius 2 is 2.00 bits per heavy atom. The monoisotopic (exact) mass is 146 g/mol. The van der Waals surface area contributed by atoms with Crippen LogP contribution in [0.1, 0.15) is 0 Å². The maximum atomic E-state index is 4.89. The van der Waals surface area contributed by atoms with Crippen LogP contribution in [0.4, 0.5) is 0 Å². The molecule has 2 aromatic heterocycles. The van der Waals surface area contributed by atoms with E-state index in [1.165, 1.54) is 0 Å². The molecule has 0 saturated heterocycles. The van der Waals surface area contributed by atoms with Crippen LogP contribution < -0.4 is 0 Å². The largest absolute Gasteiger partial charge is 0.472 e. The summed E-state index contributed by atoms with van der Waals surface area (Å²) in [4.78, 5) is 8.10. The summed E-state index contributed by atoms with van der Waals surface area (Å²) in [6.07, 6.45) is 6.63. The Hall–Kier alpha value is -1.64. The van der Waals surface area contributed by atoms with E-state index in [0.29, 0.717) is 5.82 Å². The second-order valence-electron chi connectivity index (χ2n) is 2.08. The van der Waals surface area contributed by atoms with Gasteiger partial charge in [-0.2, -0.15) is 0 Å². The molecule has 0 aliphatic rings. The van der Waals surface area contributed by atoms with E-state index in [-0.39, 0.29) is 0 Å². The normalized spacial score (nSPS) is 9.82. The van der Waals surface area contributed by atoms with Crippen molar-refractivity contribution in [2.45, 2.75) is 0 Å². The topological polar surface area (TPSA) is 38.9 Å². The van der Waals surface area contributed by atoms with Crippen LogP contribution >= 0.6 is 0 Å². The molecule has 2 aromatic rings. The number of rotatable bonds is 1. The molecular formula is C8H6N2O. The summed E-state index contributed by atoms with van der Waals surface area (Å²) in [5.74, 6) is 0.696. The maximum absolute atomic E-state index is 4.89. The lowest BCUT2D eigenvalue weighted by Gasteiger charge is -1.90. The molecule has 0 aliphatic carbocycles. The van der Waals surface area contributed by atoms with E-state index >= 15 is 0 Å². The highest BCUT2D eigenvalue weighted by atomic mass is 16.3. The third-order valence-corrected chi connectivity index (χ3v) is 1.35. The Morgan fingerprint density at radius 1 is 1.18 bits per heavy atom. The van der Waals surface area contributed by atoms with Crippen LogP contribution in [0, 0.1) is 0 Å². The molecule has 0 bridgehead atoms. The highest BCUT2D eigenvalue weighted by Gasteiger charge is 1.98. The van der Waals surface area contributed by atoms with Crippen LogP contribution in [0.3, 0.4) is 0 Å². The second kappa shape index (κ2) is 2.54. The quantitative estimate of drug-likeness (QED) is 0.615. The van der Waals surface area contributed by atoms with Crippen molar-refractivity contribution < 1.29 is 4.42 Å². The molecular weight excluding hydrogens is 140 g/mol. The van der Waals surface area contributed by atoms with Crippen LogP contribution in [0.2, 0.25) is 0 Å². The van der Waals surface area contributed by atoms with Crippen LogP contribution in [-0.2, 0) is 0 Å². The van der Waals surface area contributed by atoms with Gasteiger partial charge in [-0.15, -0.1) is 0 Å². The average Bonchev–Trinajstić information content (AvgIpc) is 2.58. The number of nitrogens with zero attached hydrogens (tertiary/aromatic N) is 2. The summed E-state index contributed by atoms with van der Waals surface area (Å²) in [6.45, 7) is 0. The Balaban J connectivity index is 2.46. The minimum Gasteiger partial charge on any atom is -0.472 e. The van der Waals surface area contributed by atoms with Gasteiger partial charge in [-0.3, -0.25) is 0 Å². The first-order valence-corrected chi connectivity index (χ1v) is 3.26. The van der Waals surface area contributed by atoms with E-state index in [1.54, 1.807) is 31.0 Å². The molecule has 0 N–H and O–H groups in total. The zero-order valence-corrected chi connectivity index (χ0v) is 5.77. The lowest BCUT2D eigenvalue weighted by Crippen LogP contribution is -1.82. The van der Waals surface area contributed by atoms with Crippen molar-refractivity contribution in [3.05, 3.63) is 37.1 Å². The molecule has 0 aromatic carbocycles. The third-order valence-electron chi connectivity index (χ3n) is 1.35. The Kier molecular flexibility index (Phi) is 1.41. The predicted molar refractivity (Wildman–Crippen MR) is 39.7 cm³/mol. The summed E-state index contributed by atoms with van der Waals surface area (Å²) in [5, 5.41) is 0. The highest BCUT2D eigenvalue weighted by molar-refractivity contribution is 5.51. The fourth-order valence-corrected chi connectivity index (χ4v) is 0.840. The zero-order valence-electron chi connectivity index (χ0n) is 5.77. The Labute approximate surface area is 63.7 Å². The first kappa shape index (κ1) is 6.09. The van der Waals surface area contributed by atoms with Crippen LogP contribution in [0.15, 0.2) is 41.5 Å². The molecule has 2 rings (SSSR count). The number of hydrogen-bond acceptors (Lipinski definition) is 3. The van der Waals surface area contributed by atoms with Gasteiger partial charge in [0.2, 0.25) is 0 Å². The van der Waals surface area contributed by atoms with Gasteiger partial charge in [0.15, 0.2) is 5.82 Å². The lowest BCUT2D eigenvalue weighted by molar-refractivity contribution is 0.568. The van der Waals surface area contributed by atoms with E-state index in [9.17, 15) is 0 Å². The zero-order chi connectivity index (χ0) is 7.52. The number of furan rings is 1. The average molecular weight is 146 g/mol. The highest BCUT2D eigenvalue weighted by Crippen LogP contribution is 2.12. The van der Waals surface area contributed by atoms with Crippen LogP contribution in [0.25, 0.3) is 11.4 Å².